The van der Waals surface area contributed by atoms with Crippen LogP contribution in [0.25, 0.3) is 0 Å². The Kier molecular flexibility index (Phi) is 3.90. The fourth-order valence-electron chi connectivity index (χ4n) is 2.11. The van der Waals surface area contributed by atoms with Crippen LogP contribution in [0.15, 0.2) is 5.51 Å². The summed E-state index contributed by atoms with van der Waals surface area (Å²) in [6, 6.07) is 0.500. The molecule has 1 aliphatic rings. The zero-order valence-corrected chi connectivity index (χ0v) is 10.8. The first-order chi connectivity index (χ1) is 8.16. The first-order valence-corrected chi connectivity index (χ1v) is 6.67. The number of carbonyl (C=O) groups excluding carboxylic acids is 1. The van der Waals surface area contributed by atoms with E-state index in [1.165, 1.54) is 17.8 Å². The van der Waals surface area contributed by atoms with Crippen molar-refractivity contribution in [1.29, 1.82) is 0 Å². The van der Waals surface area contributed by atoms with Gasteiger partial charge in [-0.15, -0.1) is 10.2 Å². The highest BCUT2D eigenvalue weighted by Gasteiger charge is 2.26. The van der Waals surface area contributed by atoms with Crippen LogP contribution < -0.4 is 10.7 Å². The molecule has 2 rings (SSSR count). The Labute approximate surface area is 104 Å². The molecule has 1 aliphatic heterocycles. The minimum absolute atomic E-state index is 0.248. The molecule has 0 unspecified atom stereocenters. The number of rotatable bonds is 2. The maximum atomic E-state index is 11.7. The summed E-state index contributed by atoms with van der Waals surface area (Å²) in [5.74, 6) is 0. The molecule has 0 aliphatic carbocycles. The van der Waals surface area contributed by atoms with Gasteiger partial charge in [-0.05, 0) is 26.7 Å². The van der Waals surface area contributed by atoms with Crippen LogP contribution in [0, 0.1) is 0 Å². The van der Waals surface area contributed by atoms with Gasteiger partial charge >= 0.3 is 6.03 Å². The molecular formula is C10H17N5OS. The summed E-state index contributed by atoms with van der Waals surface area (Å²) in [6.45, 7) is 4.25. The van der Waals surface area contributed by atoms with Gasteiger partial charge in [0.05, 0.1) is 0 Å². The molecule has 1 fully saturated rings. The van der Waals surface area contributed by atoms with E-state index in [-0.39, 0.29) is 6.03 Å². The minimum Gasteiger partial charge on any atom is -0.281 e. The predicted octanol–water partition coefficient (Wildman–Crippen LogP) is 1.84. The standard InChI is InChI=1S/C10H17N5OS/c1-7-4-3-5-8(2)15(7)14-9(16)12-10-13-11-6-17-10/h6-8H,3-5H2,1-2H3,(H2,12,13,14,16)/t7-,8-/m0/s1. The highest BCUT2D eigenvalue weighted by Crippen LogP contribution is 2.20. The van der Waals surface area contributed by atoms with Gasteiger partial charge in [-0.25, -0.2) is 9.80 Å². The largest absolute Gasteiger partial charge is 0.335 e. The minimum atomic E-state index is -0.248. The fraction of sp³-hybridized carbons (Fsp3) is 0.700. The number of nitrogens with one attached hydrogen (secondary N) is 2. The molecule has 94 valence electrons. The van der Waals surface area contributed by atoms with Gasteiger partial charge in [-0.1, -0.05) is 17.8 Å². The number of amides is 2. The first-order valence-electron chi connectivity index (χ1n) is 5.79. The molecule has 0 bridgehead atoms. The van der Waals surface area contributed by atoms with Crippen LogP contribution in [0.1, 0.15) is 33.1 Å². The van der Waals surface area contributed by atoms with Crippen molar-refractivity contribution in [3.8, 4) is 0 Å². The van der Waals surface area contributed by atoms with E-state index in [1.54, 1.807) is 5.51 Å². The molecule has 0 saturated carbocycles. The fourth-order valence-corrected chi connectivity index (χ4v) is 2.55. The number of anilines is 1. The van der Waals surface area contributed by atoms with Crippen LogP contribution in [0.5, 0.6) is 0 Å². The molecule has 2 atom stereocenters. The predicted molar refractivity (Wildman–Crippen MR) is 66.7 cm³/mol. The SMILES string of the molecule is C[C@H]1CCC[C@H](C)N1NC(=O)Nc1nncs1. The number of hydrogen-bond acceptors (Lipinski definition) is 5. The zero-order valence-electron chi connectivity index (χ0n) is 10.0. The molecule has 6 nitrogen and oxygen atoms in total. The Balaban J connectivity index is 1.88. The second-order valence-electron chi connectivity index (χ2n) is 4.35. The van der Waals surface area contributed by atoms with Gasteiger partial charge in [0.2, 0.25) is 5.13 Å². The third-order valence-electron chi connectivity index (χ3n) is 3.00. The average molecular weight is 255 g/mol. The zero-order chi connectivity index (χ0) is 12.3. The lowest BCUT2D eigenvalue weighted by atomic mass is 10.00. The van der Waals surface area contributed by atoms with E-state index in [4.69, 9.17) is 0 Å². The maximum absolute atomic E-state index is 11.7. The number of hydrogen-bond donors (Lipinski definition) is 2. The van der Waals surface area contributed by atoms with Crippen molar-refractivity contribution in [2.75, 3.05) is 5.32 Å². The van der Waals surface area contributed by atoms with Gasteiger partial charge in [0.15, 0.2) is 0 Å². The number of hydrazine groups is 1. The summed E-state index contributed by atoms with van der Waals surface area (Å²) in [6.07, 6.45) is 3.45. The maximum Gasteiger partial charge on any atom is 0.335 e. The van der Waals surface area contributed by atoms with Gasteiger partial charge < -0.3 is 0 Å². The van der Waals surface area contributed by atoms with Crippen molar-refractivity contribution in [3.63, 3.8) is 0 Å². The average Bonchev–Trinajstić information content (AvgIpc) is 2.76. The monoisotopic (exact) mass is 255 g/mol. The van der Waals surface area contributed by atoms with E-state index < -0.39 is 0 Å². The van der Waals surface area contributed by atoms with Crippen LogP contribution in [-0.4, -0.2) is 33.3 Å². The Morgan fingerprint density at radius 3 is 2.76 bits per heavy atom. The molecule has 2 heterocycles. The van der Waals surface area contributed by atoms with Crippen molar-refractivity contribution in [1.82, 2.24) is 20.6 Å². The highest BCUT2D eigenvalue weighted by atomic mass is 32.1. The van der Waals surface area contributed by atoms with E-state index in [1.807, 2.05) is 5.01 Å². The third-order valence-corrected chi connectivity index (χ3v) is 3.61. The van der Waals surface area contributed by atoms with Gasteiger partial charge in [0, 0.05) is 12.1 Å². The summed E-state index contributed by atoms with van der Waals surface area (Å²) >= 11 is 1.30. The molecule has 2 N–H and O–H groups in total. The molecule has 0 radical (unpaired) electrons. The number of nitrogens with zero attached hydrogens (tertiary/aromatic N) is 3. The smallest absolute Gasteiger partial charge is 0.281 e. The lowest BCUT2D eigenvalue weighted by molar-refractivity contribution is 0.0625. The van der Waals surface area contributed by atoms with E-state index in [9.17, 15) is 4.79 Å². The van der Waals surface area contributed by atoms with Gasteiger partial charge in [-0.2, -0.15) is 0 Å². The van der Waals surface area contributed by atoms with E-state index in [2.05, 4.69) is 34.8 Å². The molecule has 7 heteroatoms. The number of urea groups is 1. The number of piperidine rings is 1. The first kappa shape index (κ1) is 12.3. The van der Waals surface area contributed by atoms with Crippen molar-refractivity contribution in [2.45, 2.75) is 45.2 Å². The summed E-state index contributed by atoms with van der Waals surface area (Å²) in [5, 5.41) is 12.6. The third kappa shape index (κ3) is 3.13. The summed E-state index contributed by atoms with van der Waals surface area (Å²) in [4.78, 5) is 11.7. The molecule has 1 aromatic rings. The lowest BCUT2D eigenvalue weighted by Gasteiger charge is -2.38. The quantitative estimate of drug-likeness (QED) is 0.846. The van der Waals surface area contributed by atoms with Crippen molar-refractivity contribution in [3.05, 3.63) is 5.51 Å². The Hall–Kier alpha value is -1.21. The van der Waals surface area contributed by atoms with Gasteiger partial charge in [-0.3, -0.25) is 10.7 Å². The molecular weight excluding hydrogens is 238 g/mol. The van der Waals surface area contributed by atoms with Gasteiger partial charge in [0.25, 0.3) is 0 Å². The summed E-state index contributed by atoms with van der Waals surface area (Å²) in [5.41, 5.74) is 4.46. The summed E-state index contributed by atoms with van der Waals surface area (Å²) in [7, 11) is 0. The van der Waals surface area contributed by atoms with Crippen LogP contribution in [0.2, 0.25) is 0 Å². The van der Waals surface area contributed by atoms with Crippen LogP contribution in [0.3, 0.4) is 0 Å². The highest BCUT2D eigenvalue weighted by molar-refractivity contribution is 7.13. The van der Waals surface area contributed by atoms with E-state index >= 15 is 0 Å². The normalized spacial score (nSPS) is 25.5. The van der Waals surface area contributed by atoms with Crippen LogP contribution in [-0.2, 0) is 0 Å². The second kappa shape index (κ2) is 5.42. The molecule has 0 spiro atoms. The Morgan fingerprint density at radius 2 is 2.18 bits per heavy atom. The van der Waals surface area contributed by atoms with Crippen molar-refractivity contribution < 1.29 is 4.79 Å². The Morgan fingerprint density at radius 1 is 1.47 bits per heavy atom. The molecule has 1 aromatic heterocycles. The summed E-state index contributed by atoms with van der Waals surface area (Å²) < 4.78 is 0. The topological polar surface area (TPSA) is 70.2 Å². The number of aromatic nitrogens is 2. The molecule has 17 heavy (non-hydrogen) atoms. The van der Waals surface area contributed by atoms with Crippen molar-refractivity contribution in [2.24, 2.45) is 0 Å². The Bertz CT molecular complexity index is 359. The van der Waals surface area contributed by atoms with Crippen LogP contribution in [0.4, 0.5) is 9.93 Å². The van der Waals surface area contributed by atoms with Crippen LogP contribution >= 0.6 is 11.3 Å². The van der Waals surface area contributed by atoms with E-state index in [0.29, 0.717) is 17.2 Å². The second-order valence-corrected chi connectivity index (χ2v) is 5.18. The molecule has 1 saturated heterocycles. The molecule has 0 aromatic carbocycles. The van der Waals surface area contributed by atoms with Gasteiger partial charge in [0.1, 0.15) is 5.51 Å². The lowest BCUT2D eigenvalue weighted by Crippen LogP contribution is -2.55. The molecule has 2 amide bonds. The number of carbonyl (C=O) groups is 1. The van der Waals surface area contributed by atoms with E-state index in [0.717, 1.165) is 12.8 Å². The van der Waals surface area contributed by atoms with Crippen molar-refractivity contribution >= 4 is 22.5 Å².